The van der Waals surface area contributed by atoms with E-state index in [-0.39, 0.29) is 12.5 Å². The molecular weight excluding hydrogens is 411 g/mol. The lowest BCUT2D eigenvalue weighted by Gasteiger charge is -2.13. The highest BCUT2D eigenvalue weighted by Crippen LogP contribution is 2.35. The molecular formula is C22H18F3N3O3. The molecule has 0 radical (unpaired) electrons. The fourth-order valence-corrected chi connectivity index (χ4v) is 2.68. The number of para-hydroxylation sites is 1. The molecule has 0 fully saturated rings. The summed E-state index contributed by atoms with van der Waals surface area (Å²) in [7, 11) is 0. The number of halogens is 3. The first kappa shape index (κ1) is 21.8. The SMILES string of the molecule is O=C(COc1ccccc1C(F)(F)F)Nc1cccc(C(=O)NCc2ccccn2)c1. The number of carbonyl (C=O) groups is 2. The van der Waals surface area contributed by atoms with Gasteiger partial charge in [0, 0.05) is 17.4 Å². The number of aromatic nitrogens is 1. The minimum Gasteiger partial charge on any atom is -0.483 e. The van der Waals surface area contributed by atoms with Gasteiger partial charge >= 0.3 is 6.18 Å². The minimum atomic E-state index is -4.59. The van der Waals surface area contributed by atoms with E-state index in [2.05, 4.69) is 15.6 Å². The van der Waals surface area contributed by atoms with Crippen molar-refractivity contribution in [2.75, 3.05) is 11.9 Å². The maximum atomic E-state index is 13.0. The molecule has 2 aromatic carbocycles. The molecule has 6 nitrogen and oxygen atoms in total. The third-order valence-electron chi connectivity index (χ3n) is 4.12. The summed E-state index contributed by atoms with van der Waals surface area (Å²) in [4.78, 5) is 28.5. The molecule has 0 bridgehead atoms. The van der Waals surface area contributed by atoms with Gasteiger partial charge in [-0.2, -0.15) is 13.2 Å². The Labute approximate surface area is 176 Å². The van der Waals surface area contributed by atoms with Gasteiger partial charge in [0.1, 0.15) is 5.75 Å². The van der Waals surface area contributed by atoms with Crippen LogP contribution in [-0.2, 0) is 17.5 Å². The Morgan fingerprint density at radius 1 is 0.968 bits per heavy atom. The van der Waals surface area contributed by atoms with E-state index in [0.29, 0.717) is 16.9 Å². The summed E-state index contributed by atoms with van der Waals surface area (Å²) in [6, 6.07) is 16.1. The monoisotopic (exact) mass is 429 g/mol. The molecule has 0 atom stereocenters. The number of nitrogens with zero attached hydrogens (tertiary/aromatic N) is 1. The van der Waals surface area contributed by atoms with Crippen molar-refractivity contribution in [1.82, 2.24) is 10.3 Å². The van der Waals surface area contributed by atoms with E-state index in [4.69, 9.17) is 4.74 Å². The van der Waals surface area contributed by atoms with Gasteiger partial charge in [-0.05, 0) is 42.5 Å². The van der Waals surface area contributed by atoms with Crippen LogP contribution in [0.5, 0.6) is 5.75 Å². The summed E-state index contributed by atoms with van der Waals surface area (Å²) >= 11 is 0. The van der Waals surface area contributed by atoms with Crippen molar-refractivity contribution in [1.29, 1.82) is 0 Å². The van der Waals surface area contributed by atoms with Crippen LogP contribution in [0.15, 0.2) is 72.9 Å². The van der Waals surface area contributed by atoms with E-state index >= 15 is 0 Å². The molecule has 2 N–H and O–H groups in total. The van der Waals surface area contributed by atoms with Gasteiger partial charge in [-0.25, -0.2) is 0 Å². The Morgan fingerprint density at radius 2 is 1.74 bits per heavy atom. The van der Waals surface area contributed by atoms with Crippen LogP contribution in [0.2, 0.25) is 0 Å². The van der Waals surface area contributed by atoms with E-state index < -0.39 is 30.0 Å². The van der Waals surface area contributed by atoms with Crippen LogP contribution in [0.1, 0.15) is 21.6 Å². The lowest BCUT2D eigenvalue weighted by molar-refractivity contribution is -0.139. The van der Waals surface area contributed by atoms with E-state index in [1.165, 1.54) is 18.2 Å². The first-order chi connectivity index (χ1) is 14.8. The fourth-order valence-electron chi connectivity index (χ4n) is 2.68. The van der Waals surface area contributed by atoms with E-state index in [0.717, 1.165) is 12.1 Å². The van der Waals surface area contributed by atoms with Crippen LogP contribution >= 0.6 is 0 Å². The highest BCUT2D eigenvalue weighted by molar-refractivity contribution is 5.97. The number of hydrogen-bond donors (Lipinski definition) is 2. The zero-order valence-corrected chi connectivity index (χ0v) is 16.1. The van der Waals surface area contributed by atoms with Crippen LogP contribution in [0.3, 0.4) is 0 Å². The van der Waals surface area contributed by atoms with Crippen molar-refractivity contribution in [2.45, 2.75) is 12.7 Å². The van der Waals surface area contributed by atoms with Crippen LogP contribution in [-0.4, -0.2) is 23.4 Å². The second-order valence-corrected chi connectivity index (χ2v) is 6.42. The van der Waals surface area contributed by atoms with Crippen LogP contribution < -0.4 is 15.4 Å². The standard InChI is InChI=1S/C22H18F3N3O3/c23-22(24,25)18-9-1-2-10-19(18)31-14-20(29)28-16-8-5-6-15(12-16)21(30)27-13-17-7-3-4-11-26-17/h1-12H,13-14H2,(H,27,30)(H,28,29). The Bertz CT molecular complexity index is 1060. The molecule has 0 aliphatic carbocycles. The number of ether oxygens (including phenoxy) is 1. The van der Waals surface area contributed by atoms with Gasteiger partial charge in [0.2, 0.25) is 0 Å². The molecule has 0 saturated carbocycles. The number of nitrogens with one attached hydrogen (secondary N) is 2. The number of carbonyl (C=O) groups excluding carboxylic acids is 2. The summed E-state index contributed by atoms with van der Waals surface area (Å²) < 4.78 is 44.0. The minimum absolute atomic E-state index is 0.239. The number of benzene rings is 2. The molecule has 0 unspecified atom stereocenters. The Balaban J connectivity index is 1.57. The summed E-state index contributed by atoms with van der Waals surface area (Å²) in [5.41, 5.74) is 0.339. The molecule has 160 valence electrons. The highest BCUT2D eigenvalue weighted by atomic mass is 19.4. The van der Waals surface area contributed by atoms with Gasteiger partial charge in [0.25, 0.3) is 11.8 Å². The molecule has 3 rings (SSSR count). The van der Waals surface area contributed by atoms with Crippen molar-refractivity contribution in [3.63, 3.8) is 0 Å². The lowest BCUT2D eigenvalue weighted by Crippen LogP contribution is -2.24. The fraction of sp³-hybridized carbons (Fsp3) is 0.136. The molecule has 31 heavy (non-hydrogen) atoms. The van der Waals surface area contributed by atoms with Crippen molar-refractivity contribution in [2.24, 2.45) is 0 Å². The van der Waals surface area contributed by atoms with Gasteiger partial charge in [-0.15, -0.1) is 0 Å². The van der Waals surface area contributed by atoms with E-state index in [1.807, 2.05) is 0 Å². The second kappa shape index (κ2) is 9.75. The number of pyridine rings is 1. The molecule has 3 aromatic rings. The molecule has 1 aromatic heterocycles. The average molecular weight is 429 g/mol. The smallest absolute Gasteiger partial charge is 0.419 e. The summed E-state index contributed by atoms with van der Waals surface area (Å²) in [6.45, 7) is -0.383. The van der Waals surface area contributed by atoms with Crippen LogP contribution in [0, 0.1) is 0 Å². The van der Waals surface area contributed by atoms with Gasteiger partial charge in [0.05, 0.1) is 17.8 Å². The van der Waals surface area contributed by atoms with Crippen molar-refractivity contribution in [3.8, 4) is 5.75 Å². The number of amides is 2. The number of alkyl halides is 3. The van der Waals surface area contributed by atoms with Gasteiger partial charge < -0.3 is 15.4 Å². The highest BCUT2D eigenvalue weighted by Gasteiger charge is 2.34. The van der Waals surface area contributed by atoms with E-state index in [9.17, 15) is 22.8 Å². The normalized spacial score (nSPS) is 10.9. The molecule has 2 amide bonds. The first-order valence-electron chi connectivity index (χ1n) is 9.20. The van der Waals surface area contributed by atoms with Gasteiger partial charge in [0.15, 0.2) is 6.61 Å². The first-order valence-corrected chi connectivity index (χ1v) is 9.20. The Kier molecular flexibility index (Phi) is 6.86. The quantitative estimate of drug-likeness (QED) is 0.594. The average Bonchev–Trinajstić information content (AvgIpc) is 2.76. The summed E-state index contributed by atoms with van der Waals surface area (Å²) in [5.74, 6) is -1.46. The lowest BCUT2D eigenvalue weighted by atomic mass is 10.2. The third-order valence-corrected chi connectivity index (χ3v) is 4.12. The zero-order valence-electron chi connectivity index (χ0n) is 16.1. The Hall–Kier alpha value is -3.88. The second-order valence-electron chi connectivity index (χ2n) is 6.42. The number of rotatable bonds is 7. The molecule has 1 heterocycles. The predicted octanol–water partition coefficient (Wildman–Crippen LogP) is 4.05. The van der Waals surface area contributed by atoms with Gasteiger partial charge in [-0.1, -0.05) is 24.3 Å². The van der Waals surface area contributed by atoms with Crippen LogP contribution in [0.25, 0.3) is 0 Å². The molecule has 0 aliphatic rings. The molecule has 0 aliphatic heterocycles. The summed E-state index contributed by atoms with van der Waals surface area (Å²) in [5, 5.41) is 5.22. The number of anilines is 1. The largest absolute Gasteiger partial charge is 0.483 e. The number of hydrogen-bond acceptors (Lipinski definition) is 4. The summed E-state index contributed by atoms with van der Waals surface area (Å²) in [6.07, 6.45) is -2.98. The van der Waals surface area contributed by atoms with Crippen molar-refractivity contribution >= 4 is 17.5 Å². The molecule has 0 saturated heterocycles. The zero-order chi connectivity index (χ0) is 22.3. The topological polar surface area (TPSA) is 80.3 Å². The molecule has 0 spiro atoms. The van der Waals surface area contributed by atoms with Gasteiger partial charge in [-0.3, -0.25) is 14.6 Å². The van der Waals surface area contributed by atoms with Crippen molar-refractivity contribution in [3.05, 3.63) is 89.7 Å². The third kappa shape index (κ3) is 6.30. The van der Waals surface area contributed by atoms with Crippen LogP contribution in [0.4, 0.5) is 18.9 Å². The Morgan fingerprint density at radius 3 is 2.48 bits per heavy atom. The maximum absolute atomic E-state index is 13.0. The molecule has 9 heteroatoms. The van der Waals surface area contributed by atoms with Crippen molar-refractivity contribution < 1.29 is 27.5 Å². The van der Waals surface area contributed by atoms with E-state index in [1.54, 1.807) is 42.6 Å². The maximum Gasteiger partial charge on any atom is 0.419 e. The predicted molar refractivity (Wildman–Crippen MR) is 107 cm³/mol.